The first-order valence-electron chi connectivity index (χ1n) is 12.6. The van der Waals surface area contributed by atoms with Crippen molar-refractivity contribution >= 4 is 28.4 Å². The zero-order valence-corrected chi connectivity index (χ0v) is 22.4. The minimum Gasteiger partial charge on any atom is -0.755 e. The third-order valence-corrected chi connectivity index (χ3v) is 7.15. The van der Waals surface area contributed by atoms with Crippen LogP contribution in [0.15, 0.2) is 91.3 Å². The number of rotatable bonds is 8. The van der Waals surface area contributed by atoms with Crippen molar-refractivity contribution in [3.05, 3.63) is 108 Å². The van der Waals surface area contributed by atoms with Crippen LogP contribution in [0.5, 0.6) is 5.75 Å². The fourth-order valence-corrected chi connectivity index (χ4v) is 4.81. The molecule has 0 saturated heterocycles. The summed E-state index contributed by atoms with van der Waals surface area (Å²) in [6.45, 7) is 3.95. The maximum absolute atomic E-state index is 12.5. The van der Waals surface area contributed by atoms with E-state index in [0.717, 1.165) is 51.2 Å². The number of hydrogen-bond donors (Lipinski definition) is 0. The monoisotopic (exact) mass is 539 g/mol. The lowest BCUT2D eigenvalue weighted by atomic mass is 10.1. The summed E-state index contributed by atoms with van der Waals surface area (Å²) in [6.07, 6.45) is 3.72. The summed E-state index contributed by atoms with van der Waals surface area (Å²) in [4.78, 5) is 21.4. The smallest absolute Gasteiger partial charge is 0.426 e. The molecule has 8 nitrogen and oxygen atoms in total. The zero-order valence-electron chi connectivity index (χ0n) is 21.6. The average molecular weight is 540 g/mol. The van der Waals surface area contributed by atoms with Gasteiger partial charge in [0.2, 0.25) is 0 Å². The summed E-state index contributed by atoms with van der Waals surface area (Å²) in [5, 5.41) is 0. The van der Waals surface area contributed by atoms with Crippen LogP contribution in [0.3, 0.4) is 0 Å². The Morgan fingerprint density at radius 3 is 2.36 bits per heavy atom. The lowest BCUT2D eigenvalue weighted by Gasteiger charge is -2.23. The predicted octanol–water partition coefficient (Wildman–Crippen LogP) is 5.80. The largest absolute Gasteiger partial charge is 0.755 e. The van der Waals surface area contributed by atoms with Crippen molar-refractivity contribution in [2.45, 2.75) is 26.7 Å². The normalized spacial score (nSPS) is 11.9. The van der Waals surface area contributed by atoms with Gasteiger partial charge in [0, 0.05) is 31.0 Å². The Morgan fingerprint density at radius 1 is 0.974 bits per heavy atom. The van der Waals surface area contributed by atoms with Crippen LogP contribution in [-0.2, 0) is 24.1 Å². The molecule has 198 valence electrons. The number of hydrogen-bond acceptors (Lipinski definition) is 6. The van der Waals surface area contributed by atoms with Gasteiger partial charge in [0.25, 0.3) is 0 Å². The maximum Gasteiger partial charge on any atom is 0.426 e. The second kappa shape index (κ2) is 11.6. The average Bonchev–Trinajstić information content (AvgIpc) is 3.33. The molecule has 0 saturated carbocycles. The Bertz CT molecular complexity index is 1620. The minimum absolute atomic E-state index is 0.0356. The number of nitrogens with zero attached hydrogens (tertiary/aromatic N) is 4. The summed E-state index contributed by atoms with van der Waals surface area (Å²) in [6, 6.07) is 24.9. The molecule has 1 amide bonds. The van der Waals surface area contributed by atoms with Crippen molar-refractivity contribution < 1.29 is 18.3 Å². The highest BCUT2D eigenvalue weighted by Crippen LogP contribution is 2.27. The number of carbonyl (C=O) groups is 1. The molecule has 0 radical (unpaired) electrons. The Labute approximate surface area is 229 Å². The van der Waals surface area contributed by atoms with E-state index in [0.29, 0.717) is 10.7 Å². The third-order valence-electron chi connectivity index (χ3n) is 6.46. The highest BCUT2D eigenvalue weighted by molar-refractivity contribution is 7.77. The second-order valence-corrected chi connectivity index (χ2v) is 9.95. The van der Waals surface area contributed by atoms with Crippen LogP contribution in [-0.4, -0.2) is 40.2 Å². The summed E-state index contributed by atoms with van der Waals surface area (Å²) in [5.41, 5.74) is 6.92. The van der Waals surface area contributed by atoms with Gasteiger partial charge in [0.15, 0.2) is 0 Å². The molecule has 3 aromatic carbocycles. The molecule has 5 aromatic rings. The highest BCUT2D eigenvalue weighted by Gasteiger charge is 2.18. The van der Waals surface area contributed by atoms with Gasteiger partial charge in [-0.15, -0.1) is 0 Å². The maximum atomic E-state index is 12.5. The predicted molar refractivity (Wildman–Crippen MR) is 150 cm³/mol. The third kappa shape index (κ3) is 5.89. The van der Waals surface area contributed by atoms with Crippen molar-refractivity contribution in [3.63, 3.8) is 0 Å². The van der Waals surface area contributed by atoms with E-state index in [1.54, 1.807) is 36.7 Å². The number of aromatic nitrogens is 3. The molecule has 0 N–H and O–H groups in total. The second-order valence-electron chi connectivity index (χ2n) is 9.07. The summed E-state index contributed by atoms with van der Waals surface area (Å²) in [7, 11) is 0. The van der Waals surface area contributed by atoms with Crippen molar-refractivity contribution in [2.75, 3.05) is 6.54 Å². The van der Waals surface area contributed by atoms with Crippen molar-refractivity contribution in [1.82, 2.24) is 18.8 Å². The van der Waals surface area contributed by atoms with E-state index in [2.05, 4.69) is 34.7 Å². The topological polar surface area (TPSA) is 100 Å². The van der Waals surface area contributed by atoms with Gasteiger partial charge < -0.3 is 9.29 Å². The number of benzene rings is 3. The Kier molecular flexibility index (Phi) is 7.81. The fourth-order valence-electron chi connectivity index (χ4n) is 4.41. The molecule has 1 atom stereocenters. The number of carbonyl (C=O) groups excluding carboxylic acids is 1. The van der Waals surface area contributed by atoms with E-state index in [1.807, 2.05) is 43.3 Å². The molecule has 2 aromatic heterocycles. The van der Waals surface area contributed by atoms with Crippen molar-refractivity contribution in [3.8, 4) is 22.6 Å². The van der Waals surface area contributed by atoms with Crippen LogP contribution in [0.4, 0.5) is 4.79 Å². The minimum atomic E-state index is -2.76. The number of fused-ring (bicyclic) bond motifs is 1. The SMILES string of the molecule is CCc1nc2cc(-c3ccncc3)ccc2n1-c1ccc(CCN(C(=O)Oc2ccc(C)cc2)S(=O)[O-])cc1. The van der Waals surface area contributed by atoms with Crippen LogP contribution in [0, 0.1) is 6.92 Å². The quantitative estimate of drug-likeness (QED) is 0.231. The van der Waals surface area contributed by atoms with Crippen LogP contribution in [0.25, 0.3) is 27.8 Å². The van der Waals surface area contributed by atoms with Gasteiger partial charge in [-0.2, -0.15) is 0 Å². The molecule has 9 heteroatoms. The van der Waals surface area contributed by atoms with E-state index >= 15 is 0 Å². The Balaban J connectivity index is 1.32. The van der Waals surface area contributed by atoms with E-state index < -0.39 is 17.4 Å². The molecule has 0 aliphatic heterocycles. The van der Waals surface area contributed by atoms with Crippen LogP contribution in [0.1, 0.15) is 23.9 Å². The van der Waals surface area contributed by atoms with Gasteiger partial charge >= 0.3 is 6.09 Å². The van der Waals surface area contributed by atoms with Crippen LogP contribution < -0.4 is 4.74 Å². The number of amides is 1. The summed E-state index contributed by atoms with van der Waals surface area (Å²) >= 11 is -2.76. The lowest BCUT2D eigenvalue weighted by molar-refractivity contribution is 0.178. The molecular formula is C30H27N4O4S-. The molecule has 0 fully saturated rings. The molecule has 1 unspecified atom stereocenters. The van der Waals surface area contributed by atoms with Crippen molar-refractivity contribution in [2.24, 2.45) is 0 Å². The fraction of sp³-hybridized carbons (Fsp3) is 0.167. The first-order valence-corrected chi connectivity index (χ1v) is 13.6. The summed E-state index contributed by atoms with van der Waals surface area (Å²) in [5.74, 6) is 1.23. The molecule has 0 aliphatic carbocycles. The number of pyridine rings is 1. The number of ether oxygens (including phenoxy) is 1. The Morgan fingerprint density at radius 2 is 1.69 bits per heavy atom. The highest BCUT2D eigenvalue weighted by atomic mass is 32.2. The first-order chi connectivity index (χ1) is 18.9. The van der Waals surface area contributed by atoms with Gasteiger partial charge in [-0.05, 0) is 78.6 Å². The molecule has 0 aliphatic rings. The van der Waals surface area contributed by atoms with E-state index in [9.17, 15) is 13.6 Å². The molecule has 0 bridgehead atoms. The summed E-state index contributed by atoms with van der Waals surface area (Å²) < 4.78 is 31.5. The van der Waals surface area contributed by atoms with E-state index in [1.165, 1.54) is 0 Å². The number of aryl methyl sites for hydroxylation is 2. The zero-order chi connectivity index (χ0) is 27.4. The van der Waals surface area contributed by atoms with Gasteiger partial charge in [-0.3, -0.25) is 13.8 Å². The van der Waals surface area contributed by atoms with Crippen molar-refractivity contribution in [1.29, 1.82) is 0 Å². The molecular weight excluding hydrogens is 512 g/mol. The molecule has 2 heterocycles. The number of imidazole rings is 1. The van der Waals surface area contributed by atoms with E-state index in [-0.39, 0.29) is 12.3 Å². The molecule has 39 heavy (non-hydrogen) atoms. The van der Waals surface area contributed by atoms with Crippen LogP contribution >= 0.6 is 0 Å². The molecule has 5 rings (SSSR count). The molecule has 0 spiro atoms. The Hall–Kier alpha value is -4.34. The van der Waals surface area contributed by atoms with Crippen LogP contribution in [0.2, 0.25) is 0 Å². The van der Waals surface area contributed by atoms with Gasteiger partial charge in [-0.1, -0.05) is 42.8 Å². The van der Waals surface area contributed by atoms with Gasteiger partial charge in [0.05, 0.1) is 22.3 Å². The lowest BCUT2D eigenvalue weighted by Crippen LogP contribution is -2.36. The van der Waals surface area contributed by atoms with Gasteiger partial charge in [-0.25, -0.2) is 14.1 Å². The van der Waals surface area contributed by atoms with Gasteiger partial charge in [0.1, 0.15) is 11.6 Å². The van der Waals surface area contributed by atoms with E-state index in [4.69, 9.17) is 9.72 Å². The standard InChI is InChI=1S/C30H28N4O4S/c1-3-29-32-27-20-24(23-14-17-31-18-15-23)8-13-28(27)34(29)25-9-6-22(7-10-25)16-19-33(39(36)37)30(35)38-26-11-4-21(2)5-12-26/h4-15,17-18,20H,3,16,19H2,1-2H3,(H,36,37)/p-1. The first kappa shape index (κ1) is 26.3.